The molecule has 80 valence electrons. The first-order chi connectivity index (χ1) is 6.75. The highest BCUT2D eigenvalue weighted by Crippen LogP contribution is 2.21. The standard InChI is InChI=1S/C11H21N3/c1-13-6-8-14(9-7-13)11-4-2-10(12)3-5-11/h4,10H,2-3,5-9,12H2,1H3. The number of hydrogen-bond donors (Lipinski definition) is 1. The smallest absolute Gasteiger partial charge is 0.0303 e. The Morgan fingerprint density at radius 2 is 2.00 bits per heavy atom. The second kappa shape index (κ2) is 4.32. The lowest BCUT2D eigenvalue weighted by molar-refractivity contribution is 0.179. The van der Waals surface area contributed by atoms with Gasteiger partial charge in [0.1, 0.15) is 0 Å². The maximum atomic E-state index is 5.88. The predicted octanol–water partition coefficient (Wildman–Crippen LogP) is 0.629. The lowest BCUT2D eigenvalue weighted by Gasteiger charge is -2.37. The molecule has 1 heterocycles. The molecule has 1 atom stereocenters. The molecule has 0 bridgehead atoms. The van der Waals surface area contributed by atoms with Gasteiger partial charge in [0, 0.05) is 37.9 Å². The molecule has 1 aliphatic heterocycles. The van der Waals surface area contributed by atoms with Crippen LogP contribution < -0.4 is 5.73 Å². The number of likely N-dealkylation sites (N-methyl/N-ethyl adjacent to an activating group) is 1. The van der Waals surface area contributed by atoms with Crippen LogP contribution in [0.3, 0.4) is 0 Å². The van der Waals surface area contributed by atoms with E-state index in [0.717, 1.165) is 12.8 Å². The summed E-state index contributed by atoms with van der Waals surface area (Å²) in [5.74, 6) is 0. The molecule has 0 aromatic carbocycles. The van der Waals surface area contributed by atoms with Crippen molar-refractivity contribution in [1.29, 1.82) is 0 Å². The first-order valence-corrected chi connectivity index (χ1v) is 5.64. The van der Waals surface area contributed by atoms with E-state index in [-0.39, 0.29) is 0 Å². The van der Waals surface area contributed by atoms with Gasteiger partial charge in [0.25, 0.3) is 0 Å². The third-order valence-electron chi connectivity index (χ3n) is 3.34. The normalized spacial score (nSPS) is 30.3. The summed E-state index contributed by atoms with van der Waals surface area (Å²) in [5, 5.41) is 0. The van der Waals surface area contributed by atoms with Crippen molar-refractivity contribution >= 4 is 0 Å². The van der Waals surface area contributed by atoms with Crippen LogP contribution >= 0.6 is 0 Å². The lowest BCUT2D eigenvalue weighted by Crippen LogP contribution is -2.44. The number of nitrogens with two attached hydrogens (primary N) is 1. The zero-order valence-corrected chi connectivity index (χ0v) is 9.08. The van der Waals surface area contributed by atoms with E-state index >= 15 is 0 Å². The minimum Gasteiger partial charge on any atom is -0.373 e. The van der Waals surface area contributed by atoms with Crippen molar-refractivity contribution in [3.8, 4) is 0 Å². The zero-order valence-electron chi connectivity index (χ0n) is 9.08. The van der Waals surface area contributed by atoms with Crippen LogP contribution in [0.15, 0.2) is 11.8 Å². The average Bonchev–Trinajstić information content (AvgIpc) is 2.21. The van der Waals surface area contributed by atoms with E-state index in [2.05, 4.69) is 22.9 Å². The van der Waals surface area contributed by atoms with Gasteiger partial charge in [-0.3, -0.25) is 0 Å². The van der Waals surface area contributed by atoms with Gasteiger partial charge >= 0.3 is 0 Å². The Kier molecular flexibility index (Phi) is 3.08. The van der Waals surface area contributed by atoms with Crippen LogP contribution in [-0.2, 0) is 0 Å². The Labute approximate surface area is 86.5 Å². The van der Waals surface area contributed by atoms with Crippen molar-refractivity contribution < 1.29 is 0 Å². The second-order valence-corrected chi connectivity index (χ2v) is 4.52. The highest BCUT2D eigenvalue weighted by molar-refractivity contribution is 5.07. The molecule has 1 unspecified atom stereocenters. The molecule has 0 amide bonds. The van der Waals surface area contributed by atoms with Crippen LogP contribution in [0, 0.1) is 0 Å². The minimum absolute atomic E-state index is 0.409. The number of allylic oxidation sites excluding steroid dienone is 1. The van der Waals surface area contributed by atoms with Crippen molar-refractivity contribution in [3.63, 3.8) is 0 Å². The van der Waals surface area contributed by atoms with Crippen molar-refractivity contribution in [1.82, 2.24) is 9.80 Å². The largest absolute Gasteiger partial charge is 0.373 e. The van der Waals surface area contributed by atoms with Crippen molar-refractivity contribution in [2.75, 3.05) is 33.2 Å². The van der Waals surface area contributed by atoms with Gasteiger partial charge in [-0.2, -0.15) is 0 Å². The van der Waals surface area contributed by atoms with Crippen molar-refractivity contribution in [3.05, 3.63) is 11.8 Å². The van der Waals surface area contributed by atoms with E-state index in [1.807, 2.05) is 0 Å². The minimum atomic E-state index is 0.409. The highest BCUT2D eigenvalue weighted by Gasteiger charge is 2.19. The molecule has 0 spiro atoms. The zero-order chi connectivity index (χ0) is 9.97. The molecule has 14 heavy (non-hydrogen) atoms. The SMILES string of the molecule is CN1CCN(C2=CCC(N)CC2)CC1. The number of piperazine rings is 1. The van der Waals surface area contributed by atoms with E-state index in [4.69, 9.17) is 5.73 Å². The number of rotatable bonds is 1. The fourth-order valence-electron chi connectivity index (χ4n) is 2.22. The molecule has 3 heteroatoms. The molecule has 1 saturated heterocycles. The van der Waals surface area contributed by atoms with Crippen molar-refractivity contribution in [2.24, 2.45) is 5.73 Å². The van der Waals surface area contributed by atoms with Crippen molar-refractivity contribution in [2.45, 2.75) is 25.3 Å². The first-order valence-electron chi connectivity index (χ1n) is 5.64. The van der Waals surface area contributed by atoms with Crippen LogP contribution in [0.5, 0.6) is 0 Å². The Morgan fingerprint density at radius 3 is 2.57 bits per heavy atom. The molecule has 2 aliphatic rings. The van der Waals surface area contributed by atoms with E-state index in [1.54, 1.807) is 5.70 Å². The summed E-state index contributed by atoms with van der Waals surface area (Å²) in [5.41, 5.74) is 7.42. The first kappa shape index (κ1) is 9.99. The quantitative estimate of drug-likeness (QED) is 0.666. The van der Waals surface area contributed by atoms with Gasteiger partial charge in [-0.05, 0) is 26.3 Å². The summed E-state index contributed by atoms with van der Waals surface area (Å²) in [7, 11) is 2.20. The van der Waals surface area contributed by atoms with Crippen LogP contribution in [0.25, 0.3) is 0 Å². The second-order valence-electron chi connectivity index (χ2n) is 4.52. The van der Waals surface area contributed by atoms with E-state index in [9.17, 15) is 0 Å². The summed E-state index contributed by atoms with van der Waals surface area (Å²) in [4.78, 5) is 4.93. The third kappa shape index (κ3) is 2.28. The molecular formula is C11H21N3. The maximum Gasteiger partial charge on any atom is 0.0303 e. The molecule has 1 fully saturated rings. The number of hydrogen-bond acceptors (Lipinski definition) is 3. The Hall–Kier alpha value is -0.540. The summed E-state index contributed by atoms with van der Waals surface area (Å²) < 4.78 is 0. The summed E-state index contributed by atoms with van der Waals surface area (Å²) in [6.07, 6.45) is 5.77. The Bertz CT molecular complexity index is 217. The summed E-state index contributed by atoms with van der Waals surface area (Å²) in [6, 6.07) is 0.409. The van der Waals surface area contributed by atoms with Crippen LogP contribution in [0.1, 0.15) is 19.3 Å². The molecular weight excluding hydrogens is 174 g/mol. The molecule has 3 nitrogen and oxygen atoms in total. The average molecular weight is 195 g/mol. The van der Waals surface area contributed by atoms with Gasteiger partial charge in [-0.15, -0.1) is 0 Å². The highest BCUT2D eigenvalue weighted by atomic mass is 15.2. The molecule has 0 saturated carbocycles. The monoisotopic (exact) mass is 195 g/mol. The van der Waals surface area contributed by atoms with E-state index < -0.39 is 0 Å². The molecule has 2 rings (SSSR count). The van der Waals surface area contributed by atoms with Gasteiger partial charge in [-0.1, -0.05) is 6.08 Å². The number of nitrogens with zero attached hydrogens (tertiary/aromatic N) is 2. The molecule has 2 N–H and O–H groups in total. The maximum absolute atomic E-state index is 5.88. The summed E-state index contributed by atoms with van der Waals surface area (Å²) in [6.45, 7) is 4.78. The van der Waals surface area contributed by atoms with Gasteiger partial charge in [-0.25, -0.2) is 0 Å². The van der Waals surface area contributed by atoms with Gasteiger partial charge < -0.3 is 15.5 Å². The van der Waals surface area contributed by atoms with E-state index in [0.29, 0.717) is 6.04 Å². The topological polar surface area (TPSA) is 32.5 Å². The molecule has 0 aromatic heterocycles. The fraction of sp³-hybridized carbons (Fsp3) is 0.818. The summed E-state index contributed by atoms with van der Waals surface area (Å²) >= 11 is 0. The fourth-order valence-corrected chi connectivity index (χ4v) is 2.22. The predicted molar refractivity (Wildman–Crippen MR) is 59.0 cm³/mol. The van der Waals surface area contributed by atoms with Gasteiger partial charge in [0.05, 0.1) is 0 Å². The van der Waals surface area contributed by atoms with Crippen LogP contribution in [0.2, 0.25) is 0 Å². The Balaban J connectivity index is 1.89. The van der Waals surface area contributed by atoms with Crippen LogP contribution in [0.4, 0.5) is 0 Å². The van der Waals surface area contributed by atoms with E-state index in [1.165, 1.54) is 32.6 Å². The molecule has 1 aliphatic carbocycles. The Morgan fingerprint density at radius 1 is 1.29 bits per heavy atom. The lowest BCUT2D eigenvalue weighted by atomic mass is 9.99. The van der Waals surface area contributed by atoms with Gasteiger partial charge in [0.2, 0.25) is 0 Å². The molecule has 0 radical (unpaired) electrons. The molecule has 0 aromatic rings. The van der Waals surface area contributed by atoms with Crippen LogP contribution in [-0.4, -0.2) is 49.1 Å². The van der Waals surface area contributed by atoms with Gasteiger partial charge in [0.15, 0.2) is 0 Å². The third-order valence-corrected chi connectivity index (χ3v) is 3.34.